The molecule has 0 fully saturated rings. The lowest BCUT2D eigenvalue weighted by molar-refractivity contribution is -0.131. The Bertz CT molecular complexity index is 514. The van der Waals surface area contributed by atoms with Crippen LogP contribution in [-0.2, 0) is 9.53 Å². The van der Waals surface area contributed by atoms with Crippen molar-refractivity contribution in [1.29, 1.82) is 0 Å². The minimum absolute atomic E-state index is 0.106. The van der Waals surface area contributed by atoms with E-state index in [1.807, 2.05) is 6.92 Å². The maximum atomic E-state index is 12.4. The lowest BCUT2D eigenvalue weighted by Gasteiger charge is -2.24. The van der Waals surface area contributed by atoms with Crippen molar-refractivity contribution in [1.82, 2.24) is 9.88 Å². The van der Waals surface area contributed by atoms with E-state index < -0.39 is 5.97 Å². The fourth-order valence-electron chi connectivity index (χ4n) is 1.61. The number of likely N-dealkylation sites (N-methyl/N-ethyl adjacent to an activating group) is 1. The lowest BCUT2D eigenvalue weighted by Crippen LogP contribution is -2.38. The van der Waals surface area contributed by atoms with Crippen LogP contribution in [-0.4, -0.2) is 53.7 Å². The number of methoxy groups -OCH3 is 1. The lowest BCUT2D eigenvalue weighted by atomic mass is 10.1. The number of rotatable bonds is 6. The summed E-state index contributed by atoms with van der Waals surface area (Å²) < 4.78 is 5.01. The van der Waals surface area contributed by atoms with E-state index in [0.29, 0.717) is 12.2 Å². The molecule has 0 bridgehead atoms. The number of hydrogen-bond acceptors (Lipinski definition) is 4. The molecule has 0 spiro atoms. The molecule has 1 unspecified atom stereocenters. The Morgan fingerprint density at radius 3 is 2.85 bits per heavy atom. The molecule has 0 aromatic carbocycles. The highest BCUT2D eigenvalue weighted by molar-refractivity contribution is 5.97. The van der Waals surface area contributed by atoms with Crippen LogP contribution in [0.2, 0.25) is 0 Å². The van der Waals surface area contributed by atoms with Crippen molar-refractivity contribution in [2.75, 3.05) is 20.8 Å². The molecule has 1 aromatic heterocycles. The Kier molecular flexibility index (Phi) is 5.86. The molecule has 1 atom stereocenters. The van der Waals surface area contributed by atoms with Crippen molar-refractivity contribution in [3.8, 4) is 0 Å². The van der Waals surface area contributed by atoms with Crippen molar-refractivity contribution in [2.24, 2.45) is 0 Å². The number of amides is 1. The van der Waals surface area contributed by atoms with Crippen molar-refractivity contribution in [3.05, 3.63) is 35.7 Å². The predicted octanol–water partition coefficient (Wildman–Crippen LogP) is 1.29. The highest BCUT2D eigenvalue weighted by Crippen LogP contribution is 2.12. The van der Waals surface area contributed by atoms with Gasteiger partial charge < -0.3 is 14.7 Å². The fourth-order valence-corrected chi connectivity index (χ4v) is 1.61. The quantitative estimate of drug-likeness (QED) is 0.793. The van der Waals surface area contributed by atoms with E-state index in [9.17, 15) is 9.59 Å². The summed E-state index contributed by atoms with van der Waals surface area (Å²) in [5.74, 6) is -1.35. The molecule has 6 nitrogen and oxygen atoms in total. The monoisotopic (exact) mass is 278 g/mol. The number of carboxylic acids is 1. The van der Waals surface area contributed by atoms with E-state index >= 15 is 0 Å². The summed E-state index contributed by atoms with van der Waals surface area (Å²) in [5, 5.41) is 8.65. The van der Waals surface area contributed by atoms with Crippen LogP contribution in [0.25, 0.3) is 6.08 Å². The van der Waals surface area contributed by atoms with Crippen molar-refractivity contribution in [3.63, 3.8) is 0 Å². The second kappa shape index (κ2) is 7.40. The van der Waals surface area contributed by atoms with Gasteiger partial charge in [0.25, 0.3) is 5.91 Å². The zero-order chi connectivity index (χ0) is 15.1. The van der Waals surface area contributed by atoms with E-state index in [1.165, 1.54) is 17.2 Å². The summed E-state index contributed by atoms with van der Waals surface area (Å²) in [5.41, 5.74) is 0.687. The van der Waals surface area contributed by atoms with Gasteiger partial charge in [-0.3, -0.25) is 9.78 Å². The number of pyridine rings is 1. The van der Waals surface area contributed by atoms with E-state index in [0.717, 1.165) is 6.08 Å². The standard InChI is InChI=1S/C14H18N2O4/c1-10(9-20-3)16(2)14(19)13-11(5-4-8-15-13)6-7-12(17)18/h4-8,10H,9H2,1-3H3,(H,17,18)/b7-6+. The molecule has 1 aromatic rings. The highest BCUT2D eigenvalue weighted by Gasteiger charge is 2.20. The van der Waals surface area contributed by atoms with Gasteiger partial charge in [-0.25, -0.2) is 4.79 Å². The van der Waals surface area contributed by atoms with Gasteiger partial charge in [-0.15, -0.1) is 0 Å². The number of hydrogen-bond donors (Lipinski definition) is 1. The number of carbonyl (C=O) groups excluding carboxylic acids is 1. The summed E-state index contributed by atoms with van der Waals surface area (Å²) in [6.45, 7) is 2.27. The number of carboxylic acid groups (broad SMARTS) is 1. The largest absolute Gasteiger partial charge is 0.478 e. The second-order valence-electron chi connectivity index (χ2n) is 4.33. The van der Waals surface area contributed by atoms with Gasteiger partial charge >= 0.3 is 5.97 Å². The third-order valence-corrected chi connectivity index (χ3v) is 2.84. The molecule has 0 radical (unpaired) electrons. The van der Waals surface area contributed by atoms with E-state index in [1.54, 1.807) is 26.3 Å². The number of ether oxygens (including phenoxy) is 1. The molecule has 0 aliphatic carbocycles. The molecule has 1 amide bonds. The van der Waals surface area contributed by atoms with Gasteiger partial charge in [0, 0.05) is 32.0 Å². The maximum Gasteiger partial charge on any atom is 0.328 e. The van der Waals surface area contributed by atoms with Gasteiger partial charge in [-0.05, 0) is 19.1 Å². The molecule has 0 aliphatic rings. The fraction of sp³-hybridized carbons (Fsp3) is 0.357. The molecular formula is C14H18N2O4. The molecule has 20 heavy (non-hydrogen) atoms. The van der Waals surface area contributed by atoms with Crippen LogP contribution in [0, 0.1) is 0 Å². The van der Waals surface area contributed by atoms with Crippen LogP contribution in [0.5, 0.6) is 0 Å². The maximum absolute atomic E-state index is 12.4. The summed E-state index contributed by atoms with van der Waals surface area (Å²) in [6.07, 6.45) is 3.84. The first-order chi connectivity index (χ1) is 9.47. The van der Waals surface area contributed by atoms with E-state index in [4.69, 9.17) is 9.84 Å². The van der Waals surface area contributed by atoms with Gasteiger partial charge in [0.15, 0.2) is 0 Å². The van der Waals surface area contributed by atoms with Crippen LogP contribution in [0.3, 0.4) is 0 Å². The molecule has 1 N–H and O–H groups in total. The molecule has 0 saturated carbocycles. The van der Waals surface area contributed by atoms with Crippen molar-refractivity contribution in [2.45, 2.75) is 13.0 Å². The highest BCUT2D eigenvalue weighted by atomic mass is 16.5. The minimum atomic E-state index is -1.08. The minimum Gasteiger partial charge on any atom is -0.478 e. The Morgan fingerprint density at radius 2 is 2.25 bits per heavy atom. The molecule has 108 valence electrons. The Morgan fingerprint density at radius 1 is 1.55 bits per heavy atom. The average molecular weight is 278 g/mol. The molecule has 0 aliphatic heterocycles. The molecule has 6 heteroatoms. The van der Waals surface area contributed by atoms with Crippen LogP contribution in [0.4, 0.5) is 0 Å². The average Bonchev–Trinajstić information content (AvgIpc) is 2.44. The first-order valence-corrected chi connectivity index (χ1v) is 6.09. The summed E-state index contributed by atoms with van der Waals surface area (Å²) in [4.78, 5) is 28.5. The van der Waals surface area contributed by atoms with Gasteiger partial charge in [0.05, 0.1) is 12.6 Å². The van der Waals surface area contributed by atoms with E-state index in [2.05, 4.69) is 4.98 Å². The number of aromatic nitrogens is 1. The molecule has 0 saturated heterocycles. The van der Waals surface area contributed by atoms with Gasteiger partial charge in [0.1, 0.15) is 5.69 Å². The van der Waals surface area contributed by atoms with Crippen molar-refractivity contribution >= 4 is 18.0 Å². The second-order valence-corrected chi connectivity index (χ2v) is 4.33. The zero-order valence-electron chi connectivity index (χ0n) is 11.7. The summed E-state index contributed by atoms with van der Waals surface area (Å²) in [6, 6.07) is 3.19. The first-order valence-electron chi connectivity index (χ1n) is 6.09. The third kappa shape index (κ3) is 4.17. The van der Waals surface area contributed by atoms with Crippen LogP contribution in [0.15, 0.2) is 24.4 Å². The van der Waals surface area contributed by atoms with Crippen LogP contribution >= 0.6 is 0 Å². The smallest absolute Gasteiger partial charge is 0.328 e. The van der Waals surface area contributed by atoms with Crippen LogP contribution < -0.4 is 0 Å². The summed E-state index contributed by atoms with van der Waals surface area (Å²) >= 11 is 0. The zero-order valence-corrected chi connectivity index (χ0v) is 11.7. The Hall–Kier alpha value is -2.21. The normalized spacial score (nSPS) is 12.3. The number of aliphatic carboxylic acids is 1. The van der Waals surface area contributed by atoms with Gasteiger partial charge in [-0.1, -0.05) is 6.07 Å². The predicted molar refractivity (Wildman–Crippen MR) is 74.3 cm³/mol. The Balaban J connectivity index is 3.01. The van der Waals surface area contributed by atoms with Crippen LogP contribution in [0.1, 0.15) is 23.0 Å². The van der Waals surface area contributed by atoms with E-state index in [-0.39, 0.29) is 17.6 Å². The Labute approximate surface area is 117 Å². The van der Waals surface area contributed by atoms with Crippen molar-refractivity contribution < 1.29 is 19.4 Å². The third-order valence-electron chi connectivity index (χ3n) is 2.84. The van der Waals surface area contributed by atoms with Gasteiger partial charge in [0.2, 0.25) is 0 Å². The molecular weight excluding hydrogens is 260 g/mol. The number of carbonyl (C=O) groups is 2. The van der Waals surface area contributed by atoms with Gasteiger partial charge in [-0.2, -0.15) is 0 Å². The molecule has 1 rings (SSSR count). The summed E-state index contributed by atoms with van der Waals surface area (Å²) in [7, 11) is 3.22. The SMILES string of the molecule is COCC(C)N(C)C(=O)c1ncccc1/C=C/C(=O)O. The number of nitrogens with zero attached hydrogens (tertiary/aromatic N) is 2. The first kappa shape index (κ1) is 15.8. The molecule has 1 heterocycles. The topological polar surface area (TPSA) is 79.7 Å².